The molecule has 0 radical (unpaired) electrons. The van der Waals surface area contributed by atoms with E-state index in [0.29, 0.717) is 18.5 Å². The van der Waals surface area contributed by atoms with Gasteiger partial charge in [0, 0.05) is 11.4 Å². The molecule has 0 unspecified atom stereocenters. The van der Waals surface area contributed by atoms with Crippen molar-refractivity contribution in [2.24, 2.45) is 0 Å². The minimum Gasteiger partial charge on any atom is -0.392 e. The molecule has 0 amide bonds. The molecule has 2 aromatic rings. The Hall–Kier alpha value is -0.730. The second kappa shape index (κ2) is 6.82. The Labute approximate surface area is 130 Å². The van der Waals surface area contributed by atoms with Crippen molar-refractivity contribution in [3.63, 3.8) is 0 Å². The molecule has 108 valence electrons. The molecule has 2 N–H and O–H groups in total. The molecule has 0 spiro atoms. The standard InChI is InChI=1S/C13H14BrNO3S2/c14-13-5-4-11(19-13)6-7-15-20(17,18)12-3-1-2-10(8-12)9-16/h1-5,8,15-16H,6-7,9H2. The van der Waals surface area contributed by atoms with E-state index in [1.807, 2.05) is 12.1 Å². The Kier molecular flexibility index (Phi) is 5.34. The first kappa shape index (κ1) is 15.7. The fraction of sp³-hybridized carbons (Fsp3) is 0.231. The summed E-state index contributed by atoms with van der Waals surface area (Å²) in [6.45, 7) is 0.172. The summed E-state index contributed by atoms with van der Waals surface area (Å²) in [6, 6.07) is 10.2. The monoisotopic (exact) mass is 375 g/mol. The van der Waals surface area contributed by atoms with Crippen LogP contribution in [0, 0.1) is 0 Å². The number of benzene rings is 1. The summed E-state index contributed by atoms with van der Waals surface area (Å²) in [5.74, 6) is 0. The molecule has 0 saturated carbocycles. The highest BCUT2D eigenvalue weighted by Crippen LogP contribution is 2.22. The molecule has 20 heavy (non-hydrogen) atoms. The first-order valence-corrected chi connectivity index (χ1v) is 9.04. The Morgan fingerprint density at radius 2 is 2.05 bits per heavy atom. The average molecular weight is 376 g/mol. The van der Waals surface area contributed by atoms with Gasteiger partial charge in [-0.15, -0.1) is 11.3 Å². The van der Waals surface area contributed by atoms with Crippen LogP contribution in [0.2, 0.25) is 0 Å². The van der Waals surface area contributed by atoms with E-state index in [9.17, 15) is 8.42 Å². The molecular weight excluding hydrogens is 362 g/mol. The van der Waals surface area contributed by atoms with Crippen molar-refractivity contribution in [3.05, 3.63) is 50.6 Å². The van der Waals surface area contributed by atoms with Gasteiger partial charge in [0.25, 0.3) is 0 Å². The van der Waals surface area contributed by atoms with Gasteiger partial charge in [0.2, 0.25) is 10.0 Å². The quantitative estimate of drug-likeness (QED) is 0.814. The summed E-state index contributed by atoms with van der Waals surface area (Å²) in [4.78, 5) is 1.29. The molecule has 0 aliphatic carbocycles. The number of aliphatic hydroxyl groups excluding tert-OH is 1. The van der Waals surface area contributed by atoms with Crippen molar-refractivity contribution in [2.75, 3.05) is 6.54 Å². The van der Waals surface area contributed by atoms with Crippen LogP contribution in [0.3, 0.4) is 0 Å². The Morgan fingerprint density at radius 1 is 1.25 bits per heavy atom. The zero-order valence-electron chi connectivity index (χ0n) is 10.5. The minimum atomic E-state index is -3.52. The van der Waals surface area contributed by atoms with E-state index in [1.54, 1.807) is 23.5 Å². The molecule has 4 nitrogen and oxygen atoms in total. The van der Waals surface area contributed by atoms with Crippen LogP contribution < -0.4 is 4.72 Å². The van der Waals surface area contributed by atoms with Gasteiger partial charge in [-0.3, -0.25) is 0 Å². The van der Waals surface area contributed by atoms with Crippen LogP contribution in [0.5, 0.6) is 0 Å². The van der Waals surface area contributed by atoms with Gasteiger partial charge in [0.05, 0.1) is 15.3 Å². The van der Waals surface area contributed by atoms with Crippen LogP contribution in [0.1, 0.15) is 10.4 Å². The minimum absolute atomic E-state index is 0.174. The van der Waals surface area contributed by atoms with E-state index in [0.717, 1.165) is 8.66 Å². The molecular formula is C13H14BrNO3S2. The maximum absolute atomic E-state index is 12.1. The third-order valence-electron chi connectivity index (χ3n) is 2.68. The second-order valence-corrected chi connectivity index (χ2v) is 8.47. The Morgan fingerprint density at radius 3 is 2.70 bits per heavy atom. The van der Waals surface area contributed by atoms with Gasteiger partial charge < -0.3 is 5.11 Å². The van der Waals surface area contributed by atoms with Gasteiger partial charge in [0.15, 0.2) is 0 Å². The number of aliphatic hydroxyl groups is 1. The van der Waals surface area contributed by atoms with E-state index in [4.69, 9.17) is 5.11 Å². The molecule has 0 aliphatic rings. The fourth-order valence-electron chi connectivity index (χ4n) is 1.69. The summed E-state index contributed by atoms with van der Waals surface area (Å²) in [5.41, 5.74) is 0.579. The van der Waals surface area contributed by atoms with Crippen molar-refractivity contribution >= 4 is 37.3 Å². The van der Waals surface area contributed by atoms with E-state index in [-0.39, 0.29) is 11.5 Å². The molecule has 0 saturated heterocycles. The number of nitrogens with one attached hydrogen (secondary N) is 1. The molecule has 1 aromatic carbocycles. The SMILES string of the molecule is O=S(=O)(NCCc1ccc(Br)s1)c1cccc(CO)c1. The number of sulfonamides is 1. The normalized spacial score (nSPS) is 11.7. The van der Waals surface area contributed by atoms with E-state index < -0.39 is 10.0 Å². The first-order chi connectivity index (χ1) is 9.51. The van der Waals surface area contributed by atoms with Crippen molar-refractivity contribution in [1.29, 1.82) is 0 Å². The Balaban J connectivity index is 2.00. The molecule has 0 atom stereocenters. The van der Waals surface area contributed by atoms with Crippen molar-refractivity contribution in [2.45, 2.75) is 17.9 Å². The summed E-state index contributed by atoms with van der Waals surface area (Å²) < 4.78 is 27.8. The molecule has 1 aromatic heterocycles. The molecule has 1 heterocycles. The lowest BCUT2D eigenvalue weighted by molar-refractivity contribution is 0.281. The second-order valence-electron chi connectivity index (χ2n) is 4.16. The van der Waals surface area contributed by atoms with Gasteiger partial charge in [0.1, 0.15) is 0 Å². The van der Waals surface area contributed by atoms with Crippen LogP contribution in [-0.4, -0.2) is 20.1 Å². The summed E-state index contributed by atoms with van der Waals surface area (Å²) in [7, 11) is -3.52. The predicted molar refractivity (Wildman–Crippen MR) is 83.3 cm³/mol. The zero-order chi connectivity index (χ0) is 14.6. The predicted octanol–water partition coefficient (Wildman–Crippen LogP) is 2.52. The van der Waals surface area contributed by atoms with Crippen LogP contribution in [0.25, 0.3) is 0 Å². The van der Waals surface area contributed by atoms with E-state index in [1.165, 1.54) is 12.1 Å². The van der Waals surface area contributed by atoms with Crippen LogP contribution in [-0.2, 0) is 23.1 Å². The summed E-state index contributed by atoms with van der Waals surface area (Å²) in [5, 5.41) is 9.04. The lowest BCUT2D eigenvalue weighted by Gasteiger charge is -2.07. The summed E-state index contributed by atoms with van der Waals surface area (Å²) in [6.07, 6.45) is 0.648. The molecule has 7 heteroatoms. The fourth-order valence-corrected chi connectivity index (χ4v) is 4.27. The van der Waals surface area contributed by atoms with Crippen molar-refractivity contribution in [3.8, 4) is 0 Å². The smallest absolute Gasteiger partial charge is 0.240 e. The molecule has 2 rings (SSSR count). The van der Waals surface area contributed by atoms with Crippen molar-refractivity contribution < 1.29 is 13.5 Å². The van der Waals surface area contributed by atoms with Gasteiger partial charge in [-0.05, 0) is 52.2 Å². The highest BCUT2D eigenvalue weighted by Gasteiger charge is 2.13. The van der Waals surface area contributed by atoms with Gasteiger partial charge in [-0.1, -0.05) is 12.1 Å². The van der Waals surface area contributed by atoms with Crippen molar-refractivity contribution in [1.82, 2.24) is 4.72 Å². The number of hydrogen-bond donors (Lipinski definition) is 2. The zero-order valence-corrected chi connectivity index (χ0v) is 13.8. The lowest BCUT2D eigenvalue weighted by atomic mass is 10.2. The van der Waals surface area contributed by atoms with Gasteiger partial charge >= 0.3 is 0 Å². The first-order valence-electron chi connectivity index (χ1n) is 5.95. The third kappa shape index (κ3) is 4.13. The Bertz CT molecular complexity index is 682. The number of hydrogen-bond acceptors (Lipinski definition) is 4. The third-order valence-corrected chi connectivity index (χ3v) is 5.83. The van der Waals surface area contributed by atoms with E-state index >= 15 is 0 Å². The number of rotatable bonds is 6. The van der Waals surface area contributed by atoms with Gasteiger partial charge in [-0.2, -0.15) is 0 Å². The highest BCUT2D eigenvalue weighted by molar-refractivity contribution is 9.11. The van der Waals surface area contributed by atoms with Gasteiger partial charge in [-0.25, -0.2) is 13.1 Å². The van der Waals surface area contributed by atoms with Crippen LogP contribution in [0.4, 0.5) is 0 Å². The largest absolute Gasteiger partial charge is 0.392 e. The van der Waals surface area contributed by atoms with E-state index in [2.05, 4.69) is 20.7 Å². The van der Waals surface area contributed by atoms with Crippen LogP contribution >= 0.6 is 27.3 Å². The maximum Gasteiger partial charge on any atom is 0.240 e. The molecule has 0 aliphatic heterocycles. The lowest BCUT2D eigenvalue weighted by Crippen LogP contribution is -2.25. The maximum atomic E-state index is 12.1. The van der Waals surface area contributed by atoms with Crippen LogP contribution in [0.15, 0.2) is 45.1 Å². The molecule has 0 fully saturated rings. The molecule has 0 bridgehead atoms. The average Bonchev–Trinajstić information content (AvgIpc) is 2.84. The number of thiophene rings is 1. The summed E-state index contributed by atoms with van der Waals surface area (Å²) >= 11 is 4.96. The number of halogens is 1. The highest BCUT2D eigenvalue weighted by atomic mass is 79.9. The topological polar surface area (TPSA) is 66.4 Å².